The number of fused-ring (bicyclic) bond motifs is 2. The molecule has 1 aromatic heterocycles. The van der Waals surface area contributed by atoms with Gasteiger partial charge >= 0.3 is 0 Å². The maximum Gasteiger partial charge on any atom is 0.270 e. The number of anilines is 1. The second-order valence-corrected chi connectivity index (χ2v) is 8.63. The number of nitrogens with one attached hydrogen (secondary N) is 1. The molecule has 10 heteroatoms. The molecule has 0 aliphatic heterocycles. The highest BCUT2D eigenvalue weighted by molar-refractivity contribution is 7.91. The first-order chi connectivity index (χ1) is 13.9. The van der Waals surface area contributed by atoms with Gasteiger partial charge in [-0.3, -0.25) is 10.1 Å². The van der Waals surface area contributed by atoms with Crippen LogP contribution in [0.5, 0.6) is 0 Å². The fraction of sp³-hybridized carbons (Fsp3) is 0.316. The topological polar surface area (TPSA) is 143 Å². The molecule has 3 rings (SSSR count). The van der Waals surface area contributed by atoms with E-state index in [4.69, 9.17) is 10.2 Å². The number of nitro benzene ring substituents is 1. The number of sulfone groups is 1. The Labute approximate surface area is 167 Å². The molecule has 0 bridgehead atoms. The maximum atomic E-state index is 12.5. The fourth-order valence-electron chi connectivity index (χ4n) is 3.07. The van der Waals surface area contributed by atoms with Gasteiger partial charge in [0.15, 0.2) is 9.84 Å². The largest absolute Gasteiger partial charge is 0.396 e. The normalized spacial score (nSPS) is 11.8. The number of aliphatic hydroxyl groups excluding tert-OH is 2. The number of pyridine rings is 1. The first-order valence-electron chi connectivity index (χ1n) is 9.07. The molecule has 0 radical (unpaired) electrons. The van der Waals surface area contributed by atoms with Crippen molar-refractivity contribution in [2.75, 3.05) is 30.8 Å². The van der Waals surface area contributed by atoms with Gasteiger partial charge in [0, 0.05) is 42.7 Å². The van der Waals surface area contributed by atoms with Crippen LogP contribution in [0.3, 0.4) is 0 Å². The van der Waals surface area contributed by atoms with Gasteiger partial charge in [-0.25, -0.2) is 13.4 Å². The van der Waals surface area contributed by atoms with Crippen LogP contribution in [0, 0.1) is 10.1 Å². The molecule has 0 aliphatic carbocycles. The Kier molecular flexibility index (Phi) is 6.26. The number of aromatic nitrogens is 1. The SMILES string of the molecule is O=[N+]([O-])c1ccc2nc3ccc(S(=O)(=O)CCCO)cc3c(NCCCO)c2c1. The van der Waals surface area contributed by atoms with E-state index < -0.39 is 14.8 Å². The van der Waals surface area contributed by atoms with Crippen molar-refractivity contribution in [2.45, 2.75) is 17.7 Å². The molecule has 9 nitrogen and oxygen atoms in total. The first-order valence-corrected chi connectivity index (χ1v) is 10.7. The lowest BCUT2D eigenvalue weighted by Gasteiger charge is -2.14. The quantitative estimate of drug-likeness (QED) is 0.207. The average Bonchev–Trinajstić information content (AvgIpc) is 2.71. The number of hydrogen-bond donors (Lipinski definition) is 3. The lowest BCUT2D eigenvalue weighted by molar-refractivity contribution is -0.384. The summed E-state index contributed by atoms with van der Waals surface area (Å²) < 4.78 is 25.1. The van der Waals surface area contributed by atoms with E-state index in [1.807, 2.05) is 0 Å². The van der Waals surface area contributed by atoms with E-state index >= 15 is 0 Å². The number of nitro groups is 1. The van der Waals surface area contributed by atoms with E-state index in [9.17, 15) is 18.5 Å². The van der Waals surface area contributed by atoms with E-state index in [1.165, 1.54) is 24.3 Å². The zero-order valence-corrected chi connectivity index (χ0v) is 16.4. The number of nitrogens with zero attached hydrogens (tertiary/aromatic N) is 2. The third-order valence-corrected chi connectivity index (χ3v) is 6.30. The minimum Gasteiger partial charge on any atom is -0.396 e. The molecule has 0 aliphatic rings. The Morgan fingerprint density at radius 2 is 1.66 bits per heavy atom. The van der Waals surface area contributed by atoms with Crippen LogP contribution in [-0.2, 0) is 9.84 Å². The van der Waals surface area contributed by atoms with Gasteiger partial charge in [-0.1, -0.05) is 0 Å². The Hall–Kier alpha value is -2.82. The van der Waals surface area contributed by atoms with Gasteiger partial charge in [0.2, 0.25) is 0 Å². The van der Waals surface area contributed by atoms with E-state index in [0.29, 0.717) is 40.5 Å². The van der Waals surface area contributed by atoms with Crippen molar-refractivity contribution in [3.05, 3.63) is 46.5 Å². The highest BCUT2D eigenvalue weighted by Gasteiger charge is 2.18. The second kappa shape index (κ2) is 8.68. The highest BCUT2D eigenvalue weighted by Crippen LogP contribution is 2.34. The summed E-state index contributed by atoms with van der Waals surface area (Å²) in [5.74, 6) is -0.186. The molecular formula is C19H21N3O6S. The molecule has 3 aromatic rings. The highest BCUT2D eigenvalue weighted by atomic mass is 32.2. The third-order valence-electron chi connectivity index (χ3n) is 4.51. The zero-order valence-electron chi connectivity index (χ0n) is 15.5. The summed E-state index contributed by atoms with van der Waals surface area (Å²) >= 11 is 0. The molecule has 29 heavy (non-hydrogen) atoms. The lowest BCUT2D eigenvalue weighted by Crippen LogP contribution is -2.09. The molecule has 0 atom stereocenters. The van der Waals surface area contributed by atoms with Crippen LogP contribution in [0.1, 0.15) is 12.8 Å². The monoisotopic (exact) mass is 419 g/mol. The Balaban J connectivity index is 2.24. The third kappa shape index (κ3) is 4.44. The van der Waals surface area contributed by atoms with Gasteiger partial charge in [0.05, 0.1) is 32.3 Å². The van der Waals surface area contributed by atoms with Gasteiger partial charge < -0.3 is 15.5 Å². The number of non-ortho nitro benzene ring substituents is 1. The van der Waals surface area contributed by atoms with Gasteiger partial charge in [-0.2, -0.15) is 0 Å². The number of aliphatic hydroxyl groups is 2. The fourth-order valence-corrected chi connectivity index (χ4v) is 4.39. The van der Waals surface area contributed by atoms with E-state index in [2.05, 4.69) is 10.3 Å². The predicted molar refractivity (Wildman–Crippen MR) is 110 cm³/mol. The van der Waals surface area contributed by atoms with Crippen molar-refractivity contribution in [1.82, 2.24) is 4.98 Å². The Bertz CT molecular complexity index is 1160. The van der Waals surface area contributed by atoms with Crippen molar-refractivity contribution in [3.8, 4) is 0 Å². The average molecular weight is 419 g/mol. The molecule has 0 saturated heterocycles. The minimum atomic E-state index is -3.59. The van der Waals surface area contributed by atoms with E-state index in [-0.39, 0.29) is 36.0 Å². The van der Waals surface area contributed by atoms with E-state index in [1.54, 1.807) is 12.1 Å². The molecule has 0 saturated carbocycles. The van der Waals surface area contributed by atoms with Crippen molar-refractivity contribution < 1.29 is 23.6 Å². The van der Waals surface area contributed by atoms with Gasteiger partial charge in [0.1, 0.15) is 0 Å². The molecule has 1 heterocycles. The summed E-state index contributed by atoms with van der Waals surface area (Å²) in [6.45, 7) is 0.139. The molecular weight excluding hydrogens is 398 g/mol. The predicted octanol–water partition coefficient (Wildman–Crippen LogP) is 2.25. The van der Waals surface area contributed by atoms with Gasteiger partial charge in [-0.15, -0.1) is 0 Å². The Morgan fingerprint density at radius 3 is 2.31 bits per heavy atom. The molecule has 0 unspecified atom stereocenters. The summed E-state index contributed by atoms with van der Waals surface area (Å²) in [6, 6.07) is 8.88. The van der Waals surface area contributed by atoms with Crippen LogP contribution in [0.2, 0.25) is 0 Å². The lowest BCUT2D eigenvalue weighted by atomic mass is 10.1. The molecule has 3 N–H and O–H groups in total. The van der Waals surface area contributed by atoms with Crippen LogP contribution in [0.25, 0.3) is 21.8 Å². The summed E-state index contributed by atoms with van der Waals surface area (Å²) in [5.41, 5.74) is 1.50. The standard InChI is InChI=1S/C19H21N3O6S/c23-8-1-7-20-19-15-11-13(22(25)26)3-5-17(15)21-18-6-4-14(12-16(18)19)29(27,28)10-2-9-24/h3-6,11-12,23-24H,1-2,7-10H2,(H,20,21). The molecule has 0 amide bonds. The van der Waals surface area contributed by atoms with Gasteiger partial charge in [0.25, 0.3) is 5.69 Å². The van der Waals surface area contributed by atoms with Crippen molar-refractivity contribution in [2.24, 2.45) is 0 Å². The summed E-state index contributed by atoms with van der Waals surface area (Å²) in [7, 11) is -3.59. The number of hydrogen-bond acceptors (Lipinski definition) is 8. The molecule has 2 aromatic carbocycles. The maximum absolute atomic E-state index is 12.5. The van der Waals surface area contributed by atoms with Crippen LogP contribution in [0.4, 0.5) is 11.4 Å². The van der Waals surface area contributed by atoms with Crippen molar-refractivity contribution >= 4 is 43.0 Å². The van der Waals surface area contributed by atoms with Crippen LogP contribution < -0.4 is 5.32 Å². The summed E-state index contributed by atoms with van der Waals surface area (Å²) in [6.07, 6.45) is 0.582. The van der Waals surface area contributed by atoms with Gasteiger partial charge in [-0.05, 0) is 37.1 Å². The van der Waals surface area contributed by atoms with Crippen molar-refractivity contribution in [1.29, 1.82) is 0 Å². The molecule has 0 fully saturated rings. The number of benzene rings is 2. The minimum absolute atomic E-state index is 0.0329. The van der Waals surface area contributed by atoms with E-state index in [0.717, 1.165) is 0 Å². The zero-order chi connectivity index (χ0) is 21.0. The second-order valence-electron chi connectivity index (χ2n) is 6.52. The summed E-state index contributed by atoms with van der Waals surface area (Å²) in [5, 5.41) is 33.4. The van der Waals surface area contributed by atoms with Crippen molar-refractivity contribution in [3.63, 3.8) is 0 Å². The first kappa shape index (κ1) is 20.9. The van der Waals surface area contributed by atoms with Crippen LogP contribution in [0.15, 0.2) is 41.3 Å². The smallest absolute Gasteiger partial charge is 0.270 e. The molecule has 154 valence electrons. The molecule has 0 spiro atoms. The summed E-state index contributed by atoms with van der Waals surface area (Å²) in [4.78, 5) is 15.3. The Morgan fingerprint density at radius 1 is 1.00 bits per heavy atom. The van der Waals surface area contributed by atoms with Crippen LogP contribution in [-0.4, -0.2) is 54.0 Å². The number of rotatable bonds is 9. The van der Waals surface area contributed by atoms with Crippen LogP contribution >= 0.6 is 0 Å².